The van der Waals surface area contributed by atoms with Crippen LogP contribution in [-0.4, -0.2) is 29.7 Å². The second kappa shape index (κ2) is 6.05. The number of nitrogens with one attached hydrogen (secondary N) is 1. The first kappa shape index (κ1) is 13.2. The fraction of sp³-hybridized carbons (Fsp3) is 0.273. The standard InChI is InChI=1S/C11H15N3O2S/c1-8-5-3-4-6-9(8)16-7-10(15)13-14(2)11(12)17/h3-6H,7H2,1-2H3,(H2,12,17)(H,13,15). The number of hydrogen-bond acceptors (Lipinski definition) is 3. The van der Waals surface area contributed by atoms with E-state index in [0.717, 1.165) is 5.56 Å². The number of nitrogens with zero attached hydrogens (tertiary/aromatic N) is 1. The van der Waals surface area contributed by atoms with E-state index in [1.807, 2.05) is 25.1 Å². The minimum atomic E-state index is -0.316. The van der Waals surface area contributed by atoms with Crippen molar-refractivity contribution in [2.75, 3.05) is 13.7 Å². The van der Waals surface area contributed by atoms with Gasteiger partial charge in [-0.2, -0.15) is 0 Å². The predicted octanol–water partition coefficient (Wildman–Crippen LogP) is 0.580. The first-order chi connectivity index (χ1) is 8.00. The molecule has 92 valence electrons. The smallest absolute Gasteiger partial charge is 0.276 e. The maximum atomic E-state index is 11.4. The summed E-state index contributed by atoms with van der Waals surface area (Å²) in [6.07, 6.45) is 0. The molecule has 0 saturated heterocycles. The first-order valence-corrected chi connectivity index (χ1v) is 5.42. The number of amides is 1. The Morgan fingerprint density at radius 1 is 1.53 bits per heavy atom. The highest BCUT2D eigenvalue weighted by molar-refractivity contribution is 7.80. The second-order valence-electron chi connectivity index (χ2n) is 3.49. The van der Waals surface area contributed by atoms with Crippen LogP contribution >= 0.6 is 12.2 Å². The van der Waals surface area contributed by atoms with Gasteiger partial charge < -0.3 is 10.5 Å². The lowest BCUT2D eigenvalue weighted by molar-refractivity contribution is -0.126. The number of benzene rings is 1. The number of ether oxygens (including phenoxy) is 1. The van der Waals surface area contributed by atoms with Crippen LogP contribution in [0.3, 0.4) is 0 Å². The SMILES string of the molecule is Cc1ccccc1OCC(=O)NN(C)C(N)=S. The van der Waals surface area contributed by atoms with Gasteiger partial charge in [0, 0.05) is 7.05 Å². The third-order valence-corrected chi connectivity index (χ3v) is 2.35. The summed E-state index contributed by atoms with van der Waals surface area (Å²) < 4.78 is 5.36. The molecule has 0 unspecified atom stereocenters. The van der Waals surface area contributed by atoms with Crippen LogP contribution in [0.2, 0.25) is 0 Å². The molecule has 0 radical (unpaired) electrons. The monoisotopic (exact) mass is 253 g/mol. The van der Waals surface area contributed by atoms with Gasteiger partial charge in [-0.25, -0.2) is 0 Å². The van der Waals surface area contributed by atoms with Crippen LogP contribution in [0.25, 0.3) is 0 Å². The Morgan fingerprint density at radius 3 is 2.76 bits per heavy atom. The third-order valence-electron chi connectivity index (χ3n) is 2.08. The maximum Gasteiger partial charge on any atom is 0.276 e. The van der Waals surface area contributed by atoms with Crippen molar-refractivity contribution in [1.29, 1.82) is 0 Å². The van der Waals surface area contributed by atoms with Crippen molar-refractivity contribution < 1.29 is 9.53 Å². The zero-order chi connectivity index (χ0) is 12.8. The van der Waals surface area contributed by atoms with E-state index in [1.54, 1.807) is 13.1 Å². The summed E-state index contributed by atoms with van der Waals surface area (Å²) in [7, 11) is 1.56. The Kier molecular flexibility index (Phi) is 4.71. The molecule has 1 amide bonds. The van der Waals surface area contributed by atoms with Crippen LogP contribution in [-0.2, 0) is 4.79 Å². The molecule has 3 N–H and O–H groups in total. The molecule has 0 atom stereocenters. The fourth-order valence-electron chi connectivity index (χ4n) is 1.14. The lowest BCUT2D eigenvalue weighted by Gasteiger charge is -2.18. The minimum absolute atomic E-state index is 0.0855. The summed E-state index contributed by atoms with van der Waals surface area (Å²) in [5.74, 6) is 0.365. The molecule has 0 aliphatic carbocycles. The number of thiocarbonyl (C=S) groups is 1. The molecule has 1 aromatic carbocycles. The molecule has 17 heavy (non-hydrogen) atoms. The summed E-state index contributed by atoms with van der Waals surface area (Å²) in [5, 5.41) is 1.35. The van der Waals surface area contributed by atoms with E-state index < -0.39 is 0 Å². The van der Waals surface area contributed by atoms with E-state index in [-0.39, 0.29) is 17.6 Å². The lowest BCUT2D eigenvalue weighted by atomic mass is 10.2. The quantitative estimate of drug-likeness (QED) is 0.609. The molecule has 0 saturated carbocycles. The van der Waals surface area contributed by atoms with Crippen molar-refractivity contribution in [2.24, 2.45) is 5.73 Å². The van der Waals surface area contributed by atoms with Gasteiger partial charge in [0.25, 0.3) is 5.91 Å². The number of hydrogen-bond donors (Lipinski definition) is 2. The van der Waals surface area contributed by atoms with E-state index in [2.05, 4.69) is 17.6 Å². The Balaban J connectivity index is 2.44. The molecular weight excluding hydrogens is 238 g/mol. The summed E-state index contributed by atoms with van der Waals surface area (Å²) in [6.45, 7) is 1.83. The van der Waals surface area contributed by atoms with Crippen LogP contribution < -0.4 is 15.9 Å². The molecule has 0 heterocycles. The van der Waals surface area contributed by atoms with E-state index in [0.29, 0.717) is 5.75 Å². The number of rotatable bonds is 3. The molecular formula is C11H15N3O2S. The topological polar surface area (TPSA) is 67.6 Å². The average molecular weight is 253 g/mol. The van der Waals surface area contributed by atoms with E-state index in [4.69, 9.17) is 10.5 Å². The third kappa shape index (κ3) is 4.28. The summed E-state index contributed by atoms with van der Waals surface area (Å²) in [6, 6.07) is 7.47. The van der Waals surface area contributed by atoms with E-state index in [1.165, 1.54) is 5.01 Å². The molecule has 0 aliphatic heterocycles. The van der Waals surface area contributed by atoms with Gasteiger partial charge in [-0.05, 0) is 30.8 Å². The molecule has 0 aliphatic rings. The predicted molar refractivity (Wildman–Crippen MR) is 69.4 cm³/mol. The normalized spacial score (nSPS) is 9.53. The number of carbonyl (C=O) groups is 1. The van der Waals surface area contributed by atoms with Gasteiger partial charge in [0.05, 0.1) is 0 Å². The average Bonchev–Trinajstić information content (AvgIpc) is 2.27. The largest absolute Gasteiger partial charge is 0.483 e. The molecule has 5 nitrogen and oxygen atoms in total. The highest BCUT2D eigenvalue weighted by Gasteiger charge is 2.07. The van der Waals surface area contributed by atoms with Gasteiger partial charge >= 0.3 is 0 Å². The molecule has 1 rings (SSSR count). The summed E-state index contributed by atoms with van der Waals surface area (Å²) in [4.78, 5) is 11.4. The van der Waals surface area contributed by atoms with Crippen molar-refractivity contribution in [3.8, 4) is 5.75 Å². The molecule has 0 spiro atoms. The molecule has 1 aromatic rings. The fourth-order valence-corrected chi connectivity index (χ4v) is 1.18. The Bertz CT molecular complexity index is 423. The summed E-state index contributed by atoms with van der Waals surface area (Å²) >= 11 is 4.68. The minimum Gasteiger partial charge on any atom is -0.483 e. The van der Waals surface area contributed by atoms with Gasteiger partial charge in [-0.3, -0.25) is 15.2 Å². The van der Waals surface area contributed by atoms with Gasteiger partial charge in [-0.15, -0.1) is 0 Å². The van der Waals surface area contributed by atoms with Crippen LogP contribution in [0.5, 0.6) is 5.75 Å². The highest BCUT2D eigenvalue weighted by Crippen LogP contribution is 2.15. The van der Waals surface area contributed by atoms with Crippen molar-refractivity contribution in [1.82, 2.24) is 10.4 Å². The number of hydrazine groups is 1. The number of nitrogens with two attached hydrogens (primary N) is 1. The second-order valence-corrected chi connectivity index (χ2v) is 3.90. The van der Waals surface area contributed by atoms with Crippen LogP contribution in [0, 0.1) is 6.92 Å². The van der Waals surface area contributed by atoms with Crippen molar-refractivity contribution in [2.45, 2.75) is 6.92 Å². The Labute approximate surface area is 106 Å². The molecule has 6 heteroatoms. The Hall–Kier alpha value is -1.82. The van der Waals surface area contributed by atoms with Gasteiger partial charge in [0.1, 0.15) is 5.75 Å². The highest BCUT2D eigenvalue weighted by atomic mass is 32.1. The number of carbonyl (C=O) groups excluding carboxylic acids is 1. The summed E-state index contributed by atoms with van der Waals surface area (Å²) in [5.41, 5.74) is 8.76. The number of aryl methyl sites for hydroxylation is 1. The maximum absolute atomic E-state index is 11.4. The molecule has 0 aromatic heterocycles. The van der Waals surface area contributed by atoms with E-state index in [9.17, 15) is 4.79 Å². The van der Waals surface area contributed by atoms with Gasteiger partial charge in [-0.1, -0.05) is 18.2 Å². The van der Waals surface area contributed by atoms with Crippen molar-refractivity contribution >= 4 is 23.2 Å². The van der Waals surface area contributed by atoms with Crippen LogP contribution in [0.1, 0.15) is 5.56 Å². The van der Waals surface area contributed by atoms with Crippen molar-refractivity contribution in [3.05, 3.63) is 29.8 Å². The Morgan fingerprint density at radius 2 is 2.18 bits per heavy atom. The van der Waals surface area contributed by atoms with Crippen LogP contribution in [0.4, 0.5) is 0 Å². The van der Waals surface area contributed by atoms with Crippen molar-refractivity contribution in [3.63, 3.8) is 0 Å². The van der Waals surface area contributed by atoms with E-state index >= 15 is 0 Å². The van der Waals surface area contributed by atoms with Gasteiger partial charge in [0.2, 0.25) is 0 Å². The number of para-hydroxylation sites is 1. The zero-order valence-electron chi connectivity index (χ0n) is 9.77. The molecule has 0 bridgehead atoms. The lowest BCUT2D eigenvalue weighted by Crippen LogP contribution is -2.47. The first-order valence-electron chi connectivity index (χ1n) is 5.02. The molecule has 0 fully saturated rings. The van der Waals surface area contributed by atoms with Crippen LogP contribution in [0.15, 0.2) is 24.3 Å². The zero-order valence-corrected chi connectivity index (χ0v) is 10.6. The van der Waals surface area contributed by atoms with Gasteiger partial charge in [0.15, 0.2) is 11.7 Å².